The Hall–Kier alpha value is -1.52. The van der Waals surface area contributed by atoms with Crippen LogP contribution in [0.5, 0.6) is 5.88 Å². The van der Waals surface area contributed by atoms with Gasteiger partial charge in [0.1, 0.15) is 5.56 Å². The molecule has 0 saturated heterocycles. The maximum Gasteiger partial charge on any atom is 0.574 e. The first kappa shape index (κ1) is 17.5. The Morgan fingerprint density at radius 3 is 2.24 bits per heavy atom. The minimum Gasteiger partial charge on any atom is -0.465 e. The lowest BCUT2D eigenvalue weighted by molar-refractivity contribution is -0.276. The van der Waals surface area contributed by atoms with Crippen LogP contribution in [0.25, 0.3) is 0 Å². The summed E-state index contributed by atoms with van der Waals surface area (Å²) >= 11 is 2.68. The summed E-state index contributed by atoms with van der Waals surface area (Å²) in [4.78, 5) is 14.4. The molecule has 0 bridgehead atoms. The van der Waals surface area contributed by atoms with Crippen molar-refractivity contribution in [3.63, 3.8) is 0 Å². The second-order valence-corrected chi connectivity index (χ2v) is 4.07. The number of nitrogens with zero attached hydrogens (tertiary/aromatic N) is 1. The van der Waals surface area contributed by atoms with Crippen LogP contribution >= 0.6 is 15.9 Å². The number of halogens is 7. The summed E-state index contributed by atoms with van der Waals surface area (Å²) < 4.78 is 82.6. The van der Waals surface area contributed by atoms with E-state index in [4.69, 9.17) is 0 Å². The van der Waals surface area contributed by atoms with E-state index in [0.717, 1.165) is 7.11 Å². The zero-order valence-corrected chi connectivity index (χ0v) is 11.7. The molecular formula is C10H6BrF6NO3. The van der Waals surface area contributed by atoms with Crippen LogP contribution in [0.2, 0.25) is 0 Å². The highest BCUT2D eigenvalue weighted by Crippen LogP contribution is 2.36. The van der Waals surface area contributed by atoms with E-state index in [-0.39, 0.29) is 6.07 Å². The molecule has 0 spiro atoms. The van der Waals surface area contributed by atoms with Crippen LogP contribution in [-0.2, 0) is 16.2 Å². The van der Waals surface area contributed by atoms with Crippen LogP contribution in [0.1, 0.15) is 21.6 Å². The highest BCUT2D eigenvalue weighted by atomic mass is 79.9. The summed E-state index contributed by atoms with van der Waals surface area (Å²) in [6.07, 6.45) is -10.1. The minimum absolute atomic E-state index is 0.205. The van der Waals surface area contributed by atoms with Gasteiger partial charge in [-0.1, -0.05) is 15.9 Å². The van der Waals surface area contributed by atoms with Crippen LogP contribution in [0, 0.1) is 0 Å². The summed E-state index contributed by atoms with van der Waals surface area (Å²) in [7, 11) is 0.797. The van der Waals surface area contributed by atoms with Crippen molar-refractivity contribution in [3.05, 3.63) is 22.9 Å². The summed E-state index contributed by atoms with van der Waals surface area (Å²) in [6, 6.07) is 0.205. The van der Waals surface area contributed by atoms with E-state index in [1.54, 1.807) is 0 Å². The van der Waals surface area contributed by atoms with Crippen LogP contribution in [-0.4, -0.2) is 24.4 Å². The zero-order chi connectivity index (χ0) is 16.4. The highest BCUT2D eigenvalue weighted by molar-refractivity contribution is 9.08. The Balaban J connectivity index is 3.52. The van der Waals surface area contributed by atoms with Gasteiger partial charge in [-0.25, -0.2) is 9.78 Å². The van der Waals surface area contributed by atoms with Crippen molar-refractivity contribution < 1.29 is 40.6 Å². The number of pyridine rings is 1. The molecule has 0 fully saturated rings. The molecule has 1 aromatic heterocycles. The van der Waals surface area contributed by atoms with Crippen molar-refractivity contribution in [2.45, 2.75) is 17.9 Å². The molecule has 0 aliphatic rings. The molecule has 1 rings (SSSR count). The van der Waals surface area contributed by atoms with Crippen molar-refractivity contribution in [1.82, 2.24) is 4.98 Å². The van der Waals surface area contributed by atoms with Gasteiger partial charge in [-0.3, -0.25) is 0 Å². The molecule has 4 nitrogen and oxygen atoms in total. The summed E-state index contributed by atoms with van der Waals surface area (Å²) in [5.74, 6) is -2.75. The first-order valence-corrected chi connectivity index (χ1v) is 6.13. The summed E-state index contributed by atoms with van der Waals surface area (Å²) in [6.45, 7) is 0. The van der Waals surface area contributed by atoms with Gasteiger partial charge in [0.25, 0.3) is 0 Å². The zero-order valence-electron chi connectivity index (χ0n) is 10.1. The largest absolute Gasteiger partial charge is 0.574 e. The standard InChI is InChI=1S/C10H6BrF6NO3/c1-20-8(19)4-2-5(9(12,13)14)6(3-11)18-7(4)21-10(15,16)17/h2H,3H2,1H3. The fraction of sp³-hybridized carbons (Fsp3) is 0.400. The van der Waals surface area contributed by atoms with E-state index in [0.29, 0.717) is 0 Å². The first-order chi connectivity index (χ1) is 9.49. The van der Waals surface area contributed by atoms with Gasteiger partial charge in [0.05, 0.1) is 18.4 Å². The monoisotopic (exact) mass is 381 g/mol. The van der Waals surface area contributed by atoms with Crippen molar-refractivity contribution >= 4 is 21.9 Å². The number of esters is 1. The molecule has 0 N–H and O–H groups in total. The molecular weight excluding hydrogens is 376 g/mol. The van der Waals surface area contributed by atoms with Crippen molar-refractivity contribution in [2.24, 2.45) is 0 Å². The van der Waals surface area contributed by atoms with E-state index in [2.05, 4.69) is 30.4 Å². The fourth-order valence-corrected chi connectivity index (χ4v) is 1.75. The van der Waals surface area contributed by atoms with E-state index >= 15 is 0 Å². The number of carbonyl (C=O) groups is 1. The summed E-state index contributed by atoms with van der Waals surface area (Å²) in [5, 5.41) is -0.489. The molecule has 1 aromatic rings. The third-order valence-electron chi connectivity index (χ3n) is 2.12. The van der Waals surface area contributed by atoms with Crippen LogP contribution < -0.4 is 4.74 Å². The van der Waals surface area contributed by atoms with E-state index in [1.165, 1.54) is 0 Å². The normalized spacial score (nSPS) is 12.2. The molecule has 0 radical (unpaired) electrons. The molecule has 0 atom stereocenters. The van der Waals surface area contributed by atoms with Gasteiger partial charge in [0, 0.05) is 5.33 Å². The molecule has 0 aliphatic carbocycles. The van der Waals surface area contributed by atoms with Gasteiger partial charge < -0.3 is 9.47 Å². The Morgan fingerprint density at radius 1 is 1.29 bits per heavy atom. The van der Waals surface area contributed by atoms with Crippen LogP contribution in [0.3, 0.4) is 0 Å². The van der Waals surface area contributed by atoms with Gasteiger partial charge in [-0.2, -0.15) is 13.2 Å². The molecule has 0 aromatic carbocycles. The van der Waals surface area contributed by atoms with Crippen molar-refractivity contribution in [2.75, 3.05) is 7.11 Å². The fourth-order valence-electron chi connectivity index (χ4n) is 1.32. The molecule has 0 aliphatic heterocycles. The van der Waals surface area contributed by atoms with Gasteiger partial charge in [0.2, 0.25) is 5.88 Å². The molecule has 1 heterocycles. The molecule has 0 saturated carbocycles. The maximum absolute atomic E-state index is 12.8. The minimum atomic E-state index is -5.22. The average molecular weight is 382 g/mol. The lowest BCUT2D eigenvalue weighted by atomic mass is 10.1. The Morgan fingerprint density at radius 2 is 1.86 bits per heavy atom. The Bertz CT molecular complexity index is 543. The average Bonchev–Trinajstić information content (AvgIpc) is 2.34. The molecule has 11 heteroatoms. The second-order valence-electron chi connectivity index (χ2n) is 3.51. The van der Waals surface area contributed by atoms with Gasteiger partial charge in [-0.05, 0) is 6.07 Å². The van der Waals surface area contributed by atoms with E-state index in [9.17, 15) is 31.1 Å². The Labute approximate surface area is 122 Å². The smallest absolute Gasteiger partial charge is 0.465 e. The maximum atomic E-state index is 12.8. The molecule has 118 valence electrons. The summed E-state index contributed by atoms with van der Waals surface area (Å²) in [5.41, 5.74) is -3.20. The van der Waals surface area contributed by atoms with Crippen LogP contribution in [0.15, 0.2) is 6.07 Å². The first-order valence-electron chi connectivity index (χ1n) is 5.00. The number of hydrogen-bond acceptors (Lipinski definition) is 4. The number of ether oxygens (including phenoxy) is 2. The van der Waals surface area contributed by atoms with Crippen molar-refractivity contribution in [3.8, 4) is 5.88 Å². The third-order valence-corrected chi connectivity index (χ3v) is 2.65. The SMILES string of the molecule is COC(=O)c1cc(C(F)(F)F)c(CBr)nc1OC(F)(F)F. The number of aromatic nitrogens is 1. The van der Waals surface area contributed by atoms with Crippen molar-refractivity contribution in [1.29, 1.82) is 0 Å². The van der Waals surface area contributed by atoms with Gasteiger partial charge in [0.15, 0.2) is 0 Å². The molecule has 0 amide bonds. The second kappa shape index (κ2) is 6.08. The van der Waals surface area contributed by atoms with E-state index in [1.807, 2.05) is 0 Å². The predicted molar refractivity (Wildman–Crippen MR) is 59.9 cm³/mol. The lowest BCUT2D eigenvalue weighted by Crippen LogP contribution is -2.22. The number of hydrogen-bond donors (Lipinski definition) is 0. The molecule has 21 heavy (non-hydrogen) atoms. The lowest BCUT2D eigenvalue weighted by Gasteiger charge is -2.16. The number of alkyl halides is 7. The quantitative estimate of drug-likeness (QED) is 0.455. The number of carbonyl (C=O) groups excluding carboxylic acids is 1. The van der Waals surface area contributed by atoms with E-state index < -0.39 is 46.5 Å². The molecule has 0 unspecified atom stereocenters. The highest BCUT2D eigenvalue weighted by Gasteiger charge is 2.39. The van der Waals surface area contributed by atoms with Gasteiger partial charge in [-0.15, -0.1) is 13.2 Å². The number of methoxy groups -OCH3 is 1. The third kappa shape index (κ3) is 4.48. The number of rotatable bonds is 3. The van der Waals surface area contributed by atoms with Crippen LogP contribution in [0.4, 0.5) is 26.3 Å². The predicted octanol–water partition coefficient (Wildman–Crippen LogP) is 3.68. The van der Waals surface area contributed by atoms with Gasteiger partial charge >= 0.3 is 18.5 Å². The Kier molecular flexibility index (Phi) is 5.07. The topological polar surface area (TPSA) is 48.4 Å².